The first kappa shape index (κ1) is 15.6. The fourth-order valence-corrected chi connectivity index (χ4v) is 2.46. The van der Waals surface area contributed by atoms with Crippen LogP contribution in [-0.4, -0.2) is 17.6 Å². The summed E-state index contributed by atoms with van der Waals surface area (Å²) in [4.78, 5) is 4.56. The van der Waals surface area contributed by atoms with Gasteiger partial charge in [0.05, 0.1) is 12.3 Å². The minimum absolute atomic E-state index is 0.503. The fraction of sp³-hybridized carbons (Fsp3) is 0.786. The zero-order valence-corrected chi connectivity index (χ0v) is 12.8. The number of nitrogens with one attached hydrogen (secondary N) is 1. The molecule has 18 heavy (non-hydrogen) atoms. The van der Waals surface area contributed by atoms with Crippen molar-refractivity contribution in [1.82, 2.24) is 10.3 Å². The summed E-state index contributed by atoms with van der Waals surface area (Å²) < 4.78 is 5.70. The molecule has 0 fully saturated rings. The Morgan fingerprint density at radius 2 is 2.17 bits per heavy atom. The normalized spacial score (nSPS) is 13.2. The molecule has 0 bridgehead atoms. The van der Waals surface area contributed by atoms with Crippen LogP contribution in [0.4, 0.5) is 0 Å². The first-order valence-electron chi connectivity index (χ1n) is 6.86. The molecule has 1 aromatic rings. The smallest absolute Gasteiger partial charge is 0.107 e. The molecule has 1 unspecified atom stereocenters. The summed E-state index contributed by atoms with van der Waals surface area (Å²) in [6.07, 6.45) is 2.47. The van der Waals surface area contributed by atoms with Crippen molar-refractivity contribution in [1.29, 1.82) is 0 Å². The number of nitrogens with zero attached hydrogens (tertiary/aromatic N) is 1. The van der Waals surface area contributed by atoms with Crippen molar-refractivity contribution < 1.29 is 4.74 Å². The van der Waals surface area contributed by atoms with Gasteiger partial charge in [-0.3, -0.25) is 0 Å². The van der Waals surface area contributed by atoms with Crippen molar-refractivity contribution in [2.45, 2.75) is 59.7 Å². The minimum atomic E-state index is 0.503. The maximum atomic E-state index is 5.70. The second kappa shape index (κ2) is 8.62. The van der Waals surface area contributed by atoms with E-state index in [1.807, 2.05) is 0 Å². The number of hydrogen-bond donors (Lipinski definition) is 1. The van der Waals surface area contributed by atoms with Crippen molar-refractivity contribution in [2.24, 2.45) is 5.92 Å². The average Bonchev–Trinajstić information content (AvgIpc) is 2.75. The second-order valence-electron chi connectivity index (χ2n) is 5.18. The van der Waals surface area contributed by atoms with E-state index in [2.05, 4.69) is 43.4 Å². The summed E-state index contributed by atoms with van der Waals surface area (Å²) in [6, 6.07) is 0.503. The predicted octanol–water partition coefficient (Wildman–Crippen LogP) is 3.59. The van der Waals surface area contributed by atoms with E-state index in [0.29, 0.717) is 18.6 Å². The van der Waals surface area contributed by atoms with Gasteiger partial charge in [0.2, 0.25) is 0 Å². The van der Waals surface area contributed by atoms with Crippen LogP contribution < -0.4 is 5.32 Å². The summed E-state index contributed by atoms with van der Waals surface area (Å²) >= 11 is 1.71. The average molecular weight is 270 g/mol. The van der Waals surface area contributed by atoms with Crippen LogP contribution >= 0.6 is 11.3 Å². The van der Waals surface area contributed by atoms with E-state index in [9.17, 15) is 0 Å². The highest BCUT2D eigenvalue weighted by atomic mass is 32.1. The van der Waals surface area contributed by atoms with Crippen LogP contribution in [0.15, 0.2) is 5.38 Å². The standard InChI is InChI=1S/C14H26N2OS/c1-5-6-12(4)8-17-9-13-10-18-14(16-13)7-15-11(2)3/h10-12,15H,5-9H2,1-4H3. The number of thiazole rings is 1. The quantitative estimate of drug-likeness (QED) is 0.744. The molecular formula is C14H26N2OS. The lowest BCUT2D eigenvalue weighted by molar-refractivity contribution is 0.0874. The largest absolute Gasteiger partial charge is 0.375 e. The molecule has 0 saturated heterocycles. The molecule has 1 atom stereocenters. The summed E-state index contributed by atoms with van der Waals surface area (Å²) in [5.74, 6) is 0.649. The Morgan fingerprint density at radius 1 is 1.39 bits per heavy atom. The van der Waals surface area contributed by atoms with Gasteiger partial charge in [-0.25, -0.2) is 4.98 Å². The Bertz CT molecular complexity index is 325. The van der Waals surface area contributed by atoms with E-state index in [1.165, 1.54) is 12.8 Å². The van der Waals surface area contributed by atoms with Crippen LogP contribution in [-0.2, 0) is 17.9 Å². The lowest BCUT2D eigenvalue weighted by Crippen LogP contribution is -2.21. The van der Waals surface area contributed by atoms with Gasteiger partial charge in [0.25, 0.3) is 0 Å². The summed E-state index contributed by atoms with van der Waals surface area (Å²) in [5, 5.41) is 6.61. The highest BCUT2D eigenvalue weighted by molar-refractivity contribution is 7.09. The zero-order valence-electron chi connectivity index (χ0n) is 12.0. The molecule has 3 nitrogen and oxygen atoms in total. The van der Waals surface area contributed by atoms with Crippen molar-refractivity contribution in [3.8, 4) is 0 Å². The predicted molar refractivity (Wildman–Crippen MR) is 77.8 cm³/mol. The van der Waals surface area contributed by atoms with E-state index < -0.39 is 0 Å². The van der Waals surface area contributed by atoms with E-state index in [4.69, 9.17) is 4.74 Å². The molecule has 0 aliphatic heterocycles. The van der Waals surface area contributed by atoms with Gasteiger partial charge in [0.15, 0.2) is 0 Å². The molecule has 1 rings (SSSR count). The lowest BCUT2D eigenvalue weighted by Gasteiger charge is -2.09. The fourth-order valence-electron chi connectivity index (χ4n) is 1.73. The Hall–Kier alpha value is -0.450. The highest BCUT2D eigenvalue weighted by Gasteiger charge is 2.05. The van der Waals surface area contributed by atoms with Gasteiger partial charge in [-0.05, 0) is 12.3 Å². The number of ether oxygens (including phenoxy) is 1. The Balaban J connectivity index is 2.22. The van der Waals surface area contributed by atoms with Gasteiger partial charge >= 0.3 is 0 Å². The summed E-state index contributed by atoms with van der Waals surface area (Å²) in [5.41, 5.74) is 1.06. The third-order valence-corrected chi connectivity index (χ3v) is 3.59. The maximum absolute atomic E-state index is 5.70. The molecule has 0 aliphatic carbocycles. The molecular weight excluding hydrogens is 244 g/mol. The van der Waals surface area contributed by atoms with Gasteiger partial charge in [0.1, 0.15) is 5.01 Å². The van der Waals surface area contributed by atoms with Crippen molar-refractivity contribution in [3.63, 3.8) is 0 Å². The van der Waals surface area contributed by atoms with Crippen LogP contribution in [0.5, 0.6) is 0 Å². The van der Waals surface area contributed by atoms with Gasteiger partial charge < -0.3 is 10.1 Å². The molecule has 0 radical (unpaired) electrons. The zero-order chi connectivity index (χ0) is 13.4. The maximum Gasteiger partial charge on any atom is 0.107 e. The highest BCUT2D eigenvalue weighted by Crippen LogP contribution is 2.12. The van der Waals surface area contributed by atoms with E-state index in [0.717, 1.165) is 23.9 Å². The molecule has 1 heterocycles. The first-order valence-corrected chi connectivity index (χ1v) is 7.74. The minimum Gasteiger partial charge on any atom is -0.375 e. The topological polar surface area (TPSA) is 34.1 Å². The number of hydrogen-bond acceptors (Lipinski definition) is 4. The Labute approximate surface area is 115 Å². The summed E-state index contributed by atoms with van der Waals surface area (Å²) in [7, 11) is 0. The molecule has 0 amide bonds. The monoisotopic (exact) mass is 270 g/mol. The Morgan fingerprint density at radius 3 is 2.83 bits per heavy atom. The van der Waals surface area contributed by atoms with Crippen LogP contribution in [0.1, 0.15) is 51.2 Å². The number of rotatable bonds is 9. The third kappa shape index (κ3) is 6.47. The van der Waals surface area contributed by atoms with Gasteiger partial charge in [-0.2, -0.15) is 0 Å². The van der Waals surface area contributed by atoms with E-state index in [1.54, 1.807) is 11.3 Å². The molecule has 0 aliphatic rings. The van der Waals surface area contributed by atoms with Crippen LogP contribution in [0.3, 0.4) is 0 Å². The molecule has 1 N–H and O–H groups in total. The van der Waals surface area contributed by atoms with Gasteiger partial charge in [-0.15, -0.1) is 11.3 Å². The van der Waals surface area contributed by atoms with E-state index in [-0.39, 0.29) is 0 Å². The lowest BCUT2D eigenvalue weighted by atomic mass is 10.1. The van der Waals surface area contributed by atoms with Gasteiger partial charge in [0, 0.05) is 24.6 Å². The molecule has 0 aromatic carbocycles. The molecule has 4 heteroatoms. The van der Waals surface area contributed by atoms with Crippen LogP contribution in [0.25, 0.3) is 0 Å². The molecule has 0 spiro atoms. The van der Waals surface area contributed by atoms with E-state index >= 15 is 0 Å². The van der Waals surface area contributed by atoms with Crippen molar-refractivity contribution in [3.05, 3.63) is 16.1 Å². The molecule has 1 aromatic heterocycles. The van der Waals surface area contributed by atoms with Crippen molar-refractivity contribution >= 4 is 11.3 Å². The first-order chi connectivity index (χ1) is 8.61. The second-order valence-corrected chi connectivity index (χ2v) is 6.12. The third-order valence-electron chi connectivity index (χ3n) is 2.69. The Kier molecular flexibility index (Phi) is 7.47. The molecule has 0 saturated carbocycles. The van der Waals surface area contributed by atoms with Gasteiger partial charge in [-0.1, -0.05) is 34.1 Å². The van der Waals surface area contributed by atoms with Crippen LogP contribution in [0, 0.1) is 5.92 Å². The van der Waals surface area contributed by atoms with Crippen LogP contribution in [0.2, 0.25) is 0 Å². The molecule has 104 valence electrons. The number of aromatic nitrogens is 1. The SMILES string of the molecule is CCCC(C)COCc1csc(CNC(C)C)n1. The van der Waals surface area contributed by atoms with Crippen molar-refractivity contribution in [2.75, 3.05) is 6.61 Å². The summed E-state index contributed by atoms with van der Waals surface area (Å²) in [6.45, 7) is 11.1.